The summed E-state index contributed by atoms with van der Waals surface area (Å²) in [5, 5.41) is 0. The third-order valence-corrected chi connectivity index (χ3v) is 3.47. The quantitative estimate of drug-likeness (QED) is 0.640. The molecule has 1 nitrogen and oxygen atoms in total. The first-order valence-electron chi connectivity index (χ1n) is 5.61. The molecule has 0 bridgehead atoms. The molecule has 13 heavy (non-hydrogen) atoms. The molecule has 0 radical (unpaired) electrons. The highest BCUT2D eigenvalue weighted by Gasteiger charge is 2.34. The van der Waals surface area contributed by atoms with Gasteiger partial charge >= 0.3 is 0 Å². The summed E-state index contributed by atoms with van der Waals surface area (Å²) < 4.78 is 5.64. The molecule has 0 aromatic carbocycles. The zero-order chi connectivity index (χ0) is 10.0. The van der Waals surface area contributed by atoms with Crippen molar-refractivity contribution in [2.24, 2.45) is 29.6 Å². The summed E-state index contributed by atoms with van der Waals surface area (Å²) in [5.41, 5.74) is 0. The Hall–Kier alpha value is -0.0400. The smallest absolute Gasteiger partial charge is 0.0499 e. The van der Waals surface area contributed by atoms with Crippen LogP contribution in [0, 0.1) is 29.6 Å². The van der Waals surface area contributed by atoms with E-state index in [4.69, 9.17) is 4.74 Å². The second-order valence-electron chi connectivity index (χ2n) is 5.24. The van der Waals surface area contributed by atoms with Crippen LogP contribution in [-0.2, 0) is 4.74 Å². The lowest BCUT2D eigenvalue weighted by atomic mass is 9.70. The van der Waals surface area contributed by atoms with E-state index in [0.717, 1.165) is 42.8 Å². The standard InChI is InChI=1S/C12H24O/c1-8(2)11-7-13-6-10(5)12(11)9(3)4/h8-12H,6-7H2,1-5H3. The lowest BCUT2D eigenvalue weighted by Gasteiger charge is -2.41. The largest absolute Gasteiger partial charge is 0.381 e. The zero-order valence-electron chi connectivity index (χ0n) is 9.71. The first-order chi connectivity index (χ1) is 6.04. The van der Waals surface area contributed by atoms with Gasteiger partial charge in [-0.15, -0.1) is 0 Å². The van der Waals surface area contributed by atoms with Crippen LogP contribution < -0.4 is 0 Å². The topological polar surface area (TPSA) is 9.23 Å². The predicted octanol–water partition coefficient (Wildman–Crippen LogP) is 3.20. The molecule has 0 aromatic rings. The molecule has 1 fully saturated rings. The molecule has 0 saturated carbocycles. The van der Waals surface area contributed by atoms with Gasteiger partial charge < -0.3 is 4.74 Å². The van der Waals surface area contributed by atoms with Crippen molar-refractivity contribution in [3.05, 3.63) is 0 Å². The molecule has 0 N–H and O–H groups in total. The highest BCUT2D eigenvalue weighted by Crippen LogP contribution is 2.36. The molecule has 1 aliphatic rings. The van der Waals surface area contributed by atoms with Crippen LogP contribution in [0.25, 0.3) is 0 Å². The lowest BCUT2D eigenvalue weighted by molar-refractivity contribution is -0.0554. The van der Waals surface area contributed by atoms with Gasteiger partial charge in [0.2, 0.25) is 0 Å². The molecule has 1 rings (SSSR count). The third kappa shape index (κ3) is 2.46. The Labute approximate surface area is 82.9 Å². The van der Waals surface area contributed by atoms with Crippen LogP contribution in [0.2, 0.25) is 0 Å². The Balaban J connectivity index is 2.68. The van der Waals surface area contributed by atoms with E-state index in [2.05, 4.69) is 34.6 Å². The number of ether oxygens (including phenoxy) is 1. The predicted molar refractivity (Wildman–Crippen MR) is 56.6 cm³/mol. The van der Waals surface area contributed by atoms with E-state index in [1.165, 1.54) is 0 Å². The molecule has 0 spiro atoms. The molecular weight excluding hydrogens is 160 g/mol. The van der Waals surface area contributed by atoms with Crippen molar-refractivity contribution in [3.8, 4) is 0 Å². The second-order valence-corrected chi connectivity index (χ2v) is 5.24. The SMILES string of the molecule is CC(C)C1COCC(C)C1C(C)C. The average Bonchev–Trinajstić information content (AvgIpc) is 2.02. The van der Waals surface area contributed by atoms with Gasteiger partial charge in [0.15, 0.2) is 0 Å². The van der Waals surface area contributed by atoms with Crippen molar-refractivity contribution in [2.45, 2.75) is 34.6 Å². The summed E-state index contributed by atoms with van der Waals surface area (Å²) in [4.78, 5) is 0. The second kappa shape index (κ2) is 4.45. The van der Waals surface area contributed by atoms with Crippen LogP contribution in [0.15, 0.2) is 0 Å². The fraction of sp³-hybridized carbons (Fsp3) is 1.00. The summed E-state index contributed by atoms with van der Waals surface area (Å²) >= 11 is 0. The zero-order valence-corrected chi connectivity index (χ0v) is 9.71. The van der Waals surface area contributed by atoms with Crippen LogP contribution in [0.4, 0.5) is 0 Å². The average molecular weight is 184 g/mol. The molecule has 1 saturated heterocycles. The molecule has 1 heterocycles. The van der Waals surface area contributed by atoms with Gasteiger partial charge in [-0.2, -0.15) is 0 Å². The van der Waals surface area contributed by atoms with Gasteiger partial charge in [-0.3, -0.25) is 0 Å². The van der Waals surface area contributed by atoms with Gasteiger partial charge in [0, 0.05) is 13.2 Å². The maximum atomic E-state index is 5.64. The highest BCUT2D eigenvalue weighted by molar-refractivity contribution is 4.82. The Bertz CT molecular complexity index is 151. The monoisotopic (exact) mass is 184 g/mol. The van der Waals surface area contributed by atoms with Gasteiger partial charge in [-0.25, -0.2) is 0 Å². The maximum absolute atomic E-state index is 5.64. The Morgan fingerprint density at radius 1 is 1.00 bits per heavy atom. The molecule has 3 unspecified atom stereocenters. The fourth-order valence-corrected chi connectivity index (χ4v) is 2.82. The fourth-order valence-electron chi connectivity index (χ4n) is 2.82. The van der Waals surface area contributed by atoms with Crippen LogP contribution >= 0.6 is 0 Å². The minimum absolute atomic E-state index is 0.737. The summed E-state index contributed by atoms with van der Waals surface area (Å²) in [6, 6.07) is 0. The Kier molecular flexibility index (Phi) is 3.78. The Morgan fingerprint density at radius 3 is 2.00 bits per heavy atom. The molecule has 0 amide bonds. The number of rotatable bonds is 2. The number of hydrogen-bond acceptors (Lipinski definition) is 1. The van der Waals surface area contributed by atoms with Crippen molar-refractivity contribution in [2.75, 3.05) is 13.2 Å². The van der Waals surface area contributed by atoms with Crippen LogP contribution in [0.3, 0.4) is 0 Å². The molecular formula is C12H24O. The summed E-state index contributed by atoms with van der Waals surface area (Å²) in [7, 11) is 0. The van der Waals surface area contributed by atoms with E-state index in [-0.39, 0.29) is 0 Å². The maximum Gasteiger partial charge on any atom is 0.0499 e. The minimum atomic E-state index is 0.737. The summed E-state index contributed by atoms with van der Waals surface area (Å²) in [6.45, 7) is 13.6. The van der Waals surface area contributed by atoms with Gasteiger partial charge in [-0.1, -0.05) is 34.6 Å². The molecule has 0 aromatic heterocycles. The minimum Gasteiger partial charge on any atom is -0.381 e. The number of hydrogen-bond donors (Lipinski definition) is 0. The molecule has 3 atom stereocenters. The van der Waals surface area contributed by atoms with Gasteiger partial charge in [0.25, 0.3) is 0 Å². The Morgan fingerprint density at radius 2 is 1.62 bits per heavy atom. The van der Waals surface area contributed by atoms with Crippen LogP contribution in [0.5, 0.6) is 0 Å². The molecule has 78 valence electrons. The van der Waals surface area contributed by atoms with Crippen molar-refractivity contribution in [1.82, 2.24) is 0 Å². The van der Waals surface area contributed by atoms with E-state index in [1.807, 2.05) is 0 Å². The van der Waals surface area contributed by atoms with E-state index >= 15 is 0 Å². The van der Waals surface area contributed by atoms with Crippen LogP contribution in [-0.4, -0.2) is 13.2 Å². The van der Waals surface area contributed by atoms with E-state index in [9.17, 15) is 0 Å². The van der Waals surface area contributed by atoms with Crippen molar-refractivity contribution < 1.29 is 4.74 Å². The first-order valence-corrected chi connectivity index (χ1v) is 5.61. The van der Waals surface area contributed by atoms with E-state index in [0.29, 0.717) is 0 Å². The van der Waals surface area contributed by atoms with Gasteiger partial charge in [0.1, 0.15) is 0 Å². The van der Waals surface area contributed by atoms with Crippen molar-refractivity contribution >= 4 is 0 Å². The van der Waals surface area contributed by atoms with Crippen molar-refractivity contribution in [1.29, 1.82) is 0 Å². The van der Waals surface area contributed by atoms with Gasteiger partial charge in [0.05, 0.1) is 0 Å². The van der Waals surface area contributed by atoms with Crippen LogP contribution in [0.1, 0.15) is 34.6 Å². The molecule has 0 aliphatic carbocycles. The molecule has 1 heteroatoms. The van der Waals surface area contributed by atoms with E-state index in [1.54, 1.807) is 0 Å². The first kappa shape index (κ1) is 11.0. The third-order valence-electron chi connectivity index (χ3n) is 3.47. The van der Waals surface area contributed by atoms with Crippen molar-refractivity contribution in [3.63, 3.8) is 0 Å². The summed E-state index contributed by atoms with van der Waals surface area (Å²) in [6.07, 6.45) is 0. The highest BCUT2D eigenvalue weighted by atomic mass is 16.5. The normalized spacial score (nSPS) is 35.8. The lowest BCUT2D eigenvalue weighted by Crippen LogP contribution is -2.39. The summed E-state index contributed by atoms with van der Waals surface area (Å²) in [5.74, 6) is 3.92. The van der Waals surface area contributed by atoms with E-state index < -0.39 is 0 Å². The van der Waals surface area contributed by atoms with Gasteiger partial charge in [-0.05, 0) is 29.6 Å². The molecule has 1 aliphatic heterocycles.